The fourth-order valence-electron chi connectivity index (χ4n) is 2.20. The summed E-state index contributed by atoms with van der Waals surface area (Å²) < 4.78 is 5.40. The van der Waals surface area contributed by atoms with Gasteiger partial charge in [-0.05, 0) is 19.8 Å². The summed E-state index contributed by atoms with van der Waals surface area (Å²) in [5, 5.41) is 0. The fraction of sp³-hybridized carbons (Fsp3) is 0.692. The van der Waals surface area contributed by atoms with Crippen LogP contribution in [0.1, 0.15) is 24.9 Å². The number of hydrogen-bond acceptors (Lipinski definition) is 4. The summed E-state index contributed by atoms with van der Waals surface area (Å²) in [6.45, 7) is 6.88. The van der Waals surface area contributed by atoms with Crippen LogP contribution in [0.2, 0.25) is 0 Å². The maximum absolute atomic E-state index is 5.40. The Labute approximate surface area is 103 Å². The maximum atomic E-state index is 5.40. The molecule has 1 aromatic rings. The first-order valence-electron chi connectivity index (χ1n) is 6.32. The van der Waals surface area contributed by atoms with Gasteiger partial charge in [-0.2, -0.15) is 0 Å². The predicted molar refractivity (Wildman–Crippen MR) is 68.3 cm³/mol. The monoisotopic (exact) mass is 235 g/mol. The quantitative estimate of drug-likeness (QED) is 0.798. The molecule has 17 heavy (non-hydrogen) atoms. The van der Waals surface area contributed by atoms with E-state index in [1.165, 1.54) is 0 Å². The Morgan fingerprint density at radius 3 is 2.94 bits per heavy atom. The lowest BCUT2D eigenvalue weighted by molar-refractivity contribution is 0.186. The summed E-state index contributed by atoms with van der Waals surface area (Å²) in [5.74, 6) is 2.52. The van der Waals surface area contributed by atoms with Crippen LogP contribution < -0.4 is 4.90 Å². The minimum atomic E-state index is 0.639. The van der Waals surface area contributed by atoms with E-state index in [1.807, 2.05) is 6.92 Å². The largest absolute Gasteiger partial charge is 0.381 e. The van der Waals surface area contributed by atoms with Gasteiger partial charge in [-0.3, -0.25) is 0 Å². The highest BCUT2D eigenvalue weighted by Gasteiger charge is 2.18. The average molecular weight is 235 g/mol. The van der Waals surface area contributed by atoms with Crippen LogP contribution in [0.25, 0.3) is 0 Å². The molecule has 1 aliphatic heterocycles. The van der Waals surface area contributed by atoms with Gasteiger partial charge in [0, 0.05) is 37.9 Å². The van der Waals surface area contributed by atoms with E-state index >= 15 is 0 Å². The third-order valence-electron chi connectivity index (χ3n) is 3.19. The maximum Gasteiger partial charge on any atom is 0.132 e. The molecular formula is C13H21N3O. The van der Waals surface area contributed by atoms with Gasteiger partial charge >= 0.3 is 0 Å². The van der Waals surface area contributed by atoms with Gasteiger partial charge in [0.05, 0.1) is 6.61 Å². The molecular weight excluding hydrogens is 214 g/mol. The van der Waals surface area contributed by atoms with Crippen LogP contribution >= 0.6 is 0 Å². The van der Waals surface area contributed by atoms with Gasteiger partial charge < -0.3 is 9.64 Å². The van der Waals surface area contributed by atoms with E-state index in [1.54, 1.807) is 0 Å². The molecule has 4 nitrogen and oxygen atoms in total. The second kappa shape index (κ2) is 5.45. The first kappa shape index (κ1) is 12.3. The summed E-state index contributed by atoms with van der Waals surface area (Å²) in [6, 6.07) is 2.09. The second-order valence-electron chi connectivity index (χ2n) is 4.73. The van der Waals surface area contributed by atoms with E-state index in [0.29, 0.717) is 5.92 Å². The molecule has 1 saturated heterocycles. The molecule has 94 valence electrons. The molecule has 0 radical (unpaired) electrons. The highest BCUT2D eigenvalue weighted by Crippen LogP contribution is 2.18. The van der Waals surface area contributed by atoms with Crippen LogP contribution in [0.3, 0.4) is 0 Å². The normalized spacial score (nSPS) is 19.6. The van der Waals surface area contributed by atoms with E-state index in [0.717, 1.165) is 49.9 Å². The van der Waals surface area contributed by atoms with E-state index in [9.17, 15) is 0 Å². The van der Waals surface area contributed by atoms with Gasteiger partial charge in [-0.25, -0.2) is 9.97 Å². The zero-order valence-electron chi connectivity index (χ0n) is 10.9. The second-order valence-corrected chi connectivity index (χ2v) is 4.73. The van der Waals surface area contributed by atoms with Crippen LogP contribution in [0, 0.1) is 12.8 Å². The van der Waals surface area contributed by atoms with Crippen LogP contribution in [0.4, 0.5) is 5.82 Å². The first-order chi connectivity index (χ1) is 8.19. The van der Waals surface area contributed by atoms with E-state index < -0.39 is 0 Å². The van der Waals surface area contributed by atoms with Crippen LogP contribution in [0.15, 0.2) is 6.07 Å². The lowest BCUT2D eigenvalue weighted by Gasteiger charge is -2.22. The SMILES string of the molecule is CCc1cc(N(C)CC2CCOC2)nc(C)n1. The van der Waals surface area contributed by atoms with E-state index in [2.05, 4.69) is 34.9 Å². The molecule has 1 fully saturated rings. The predicted octanol–water partition coefficient (Wildman–Crippen LogP) is 1.82. The minimum absolute atomic E-state index is 0.639. The molecule has 4 heteroatoms. The summed E-state index contributed by atoms with van der Waals surface area (Å²) >= 11 is 0. The molecule has 0 aromatic carbocycles. The molecule has 1 aromatic heterocycles. The van der Waals surface area contributed by atoms with Gasteiger partial charge in [0.1, 0.15) is 11.6 Å². The molecule has 2 rings (SSSR count). The molecule has 0 saturated carbocycles. The van der Waals surface area contributed by atoms with Gasteiger partial charge in [0.15, 0.2) is 0 Å². The summed E-state index contributed by atoms with van der Waals surface area (Å²) in [5.41, 5.74) is 1.11. The van der Waals surface area contributed by atoms with Crippen molar-refractivity contribution in [3.8, 4) is 0 Å². The number of aryl methyl sites for hydroxylation is 2. The lowest BCUT2D eigenvalue weighted by Crippen LogP contribution is -2.26. The van der Waals surface area contributed by atoms with Crippen LogP contribution in [0.5, 0.6) is 0 Å². The Bertz CT molecular complexity index is 375. The fourth-order valence-corrected chi connectivity index (χ4v) is 2.20. The molecule has 2 heterocycles. The molecule has 0 bridgehead atoms. The molecule has 1 atom stereocenters. The number of hydrogen-bond donors (Lipinski definition) is 0. The first-order valence-corrected chi connectivity index (χ1v) is 6.32. The Hall–Kier alpha value is -1.16. The summed E-state index contributed by atoms with van der Waals surface area (Å²) in [6.07, 6.45) is 2.12. The van der Waals surface area contributed by atoms with Crippen molar-refractivity contribution in [3.63, 3.8) is 0 Å². The Kier molecular flexibility index (Phi) is 3.94. The Morgan fingerprint density at radius 1 is 1.47 bits per heavy atom. The third kappa shape index (κ3) is 3.16. The van der Waals surface area contributed by atoms with Gasteiger partial charge in [0.25, 0.3) is 0 Å². The molecule has 0 amide bonds. The lowest BCUT2D eigenvalue weighted by atomic mass is 10.1. The highest BCUT2D eigenvalue weighted by atomic mass is 16.5. The molecule has 0 N–H and O–H groups in total. The van der Waals surface area contributed by atoms with Crippen molar-refractivity contribution in [1.82, 2.24) is 9.97 Å². The van der Waals surface area contributed by atoms with Crippen molar-refractivity contribution in [2.75, 3.05) is 31.7 Å². The van der Waals surface area contributed by atoms with Crippen LogP contribution in [-0.4, -0.2) is 36.8 Å². The molecule has 0 aliphatic carbocycles. The molecule has 1 aliphatic rings. The average Bonchev–Trinajstić information content (AvgIpc) is 2.81. The minimum Gasteiger partial charge on any atom is -0.381 e. The van der Waals surface area contributed by atoms with E-state index in [4.69, 9.17) is 4.74 Å². The van der Waals surface area contributed by atoms with Crippen molar-refractivity contribution < 1.29 is 4.74 Å². The number of nitrogens with zero attached hydrogens (tertiary/aromatic N) is 3. The zero-order chi connectivity index (χ0) is 12.3. The van der Waals surface area contributed by atoms with Crippen molar-refractivity contribution >= 4 is 5.82 Å². The van der Waals surface area contributed by atoms with Gasteiger partial charge in [0.2, 0.25) is 0 Å². The summed E-state index contributed by atoms with van der Waals surface area (Å²) in [7, 11) is 2.10. The smallest absolute Gasteiger partial charge is 0.132 e. The van der Waals surface area contributed by atoms with Crippen molar-refractivity contribution in [1.29, 1.82) is 0 Å². The van der Waals surface area contributed by atoms with Gasteiger partial charge in [-0.1, -0.05) is 6.92 Å². The molecule has 1 unspecified atom stereocenters. The standard InChI is InChI=1S/C13H21N3O/c1-4-12-7-13(15-10(2)14-12)16(3)8-11-5-6-17-9-11/h7,11H,4-6,8-9H2,1-3H3. The van der Waals surface area contributed by atoms with Crippen molar-refractivity contribution in [3.05, 3.63) is 17.6 Å². The van der Waals surface area contributed by atoms with Crippen molar-refractivity contribution in [2.24, 2.45) is 5.92 Å². The number of rotatable bonds is 4. The zero-order valence-corrected chi connectivity index (χ0v) is 10.9. The Balaban J connectivity index is 2.06. The number of anilines is 1. The van der Waals surface area contributed by atoms with E-state index in [-0.39, 0.29) is 0 Å². The van der Waals surface area contributed by atoms with Crippen molar-refractivity contribution in [2.45, 2.75) is 26.7 Å². The summed E-state index contributed by atoms with van der Waals surface area (Å²) in [4.78, 5) is 11.1. The van der Waals surface area contributed by atoms with Gasteiger partial charge in [-0.15, -0.1) is 0 Å². The molecule has 0 spiro atoms. The topological polar surface area (TPSA) is 38.2 Å². The Morgan fingerprint density at radius 2 is 2.29 bits per heavy atom. The number of ether oxygens (including phenoxy) is 1. The number of aromatic nitrogens is 2. The highest BCUT2D eigenvalue weighted by molar-refractivity contribution is 5.39. The van der Waals surface area contributed by atoms with Crippen LogP contribution in [-0.2, 0) is 11.2 Å². The third-order valence-corrected chi connectivity index (χ3v) is 3.19.